The van der Waals surface area contributed by atoms with Gasteiger partial charge in [-0.1, -0.05) is 6.08 Å². The highest BCUT2D eigenvalue weighted by atomic mass is 19.1. The number of aryl methyl sites for hydroxylation is 1. The van der Waals surface area contributed by atoms with E-state index in [1.807, 2.05) is 0 Å². The summed E-state index contributed by atoms with van der Waals surface area (Å²) in [6.07, 6.45) is 5.10. The number of ether oxygens (including phenoxy) is 3. The van der Waals surface area contributed by atoms with Crippen LogP contribution in [0.15, 0.2) is 47.8 Å². The lowest BCUT2D eigenvalue weighted by atomic mass is 10.0. The quantitative estimate of drug-likeness (QED) is 0.437. The van der Waals surface area contributed by atoms with Crippen LogP contribution in [0, 0.1) is 0 Å². The third-order valence-electron chi connectivity index (χ3n) is 5.78. The number of hydrogen-bond donors (Lipinski definition) is 2. The van der Waals surface area contributed by atoms with Gasteiger partial charge in [0.1, 0.15) is 12.4 Å². The first kappa shape index (κ1) is 26.1. The van der Waals surface area contributed by atoms with Gasteiger partial charge in [-0.2, -0.15) is 0 Å². The summed E-state index contributed by atoms with van der Waals surface area (Å²) in [5, 5.41) is 5.57. The lowest BCUT2D eigenvalue weighted by Gasteiger charge is -2.23. The van der Waals surface area contributed by atoms with Crippen molar-refractivity contribution in [2.24, 2.45) is 0 Å². The van der Waals surface area contributed by atoms with Crippen LogP contribution >= 0.6 is 0 Å². The van der Waals surface area contributed by atoms with Gasteiger partial charge in [0.15, 0.2) is 11.5 Å². The Morgan fingerprint density at radius 1 is 1.31 bits per heavy atom. The monoisotopic (exact) mass is 489 g/mol. The van der Waals surface area contributed by atoms with Crippen LogP contribution in [-0.4, -0.2) is 69.6 Å². The molecule has 2 atom stereocenters. The maximum absolute atomic E-state index is 13.1. The minimum atomic E-state index is -0.568. The van der Waals surface area contributed by atoms with Crippen molar-refractivity contribution in [3.05, 3.63) is 54.5 Å². The summed E-state index contributed by atoms with van der Waals surface area (Å²) in [6.45, 7) is 4.78. The Bertz CT molecular complexity index is 997. The zero-order valence-electron chi connectivity index (χ0n) is 20.1. The molecule has 1 aromatic heterocycles. The molecule has 3 rings (SSSR count). The number of methoxy groups -OCH3 is 2. The smallest absolute Gasteiger partial charge is 0.412 e. The Labute approximate surface area is 204 Å². The average Bonchev–Trinajstić information content (AvgIpc) is 3.50. The van der Waals surface area contributed by atoms with Crippen molar-refractivity contribution in [1.29, 1.82) is 0 Å². The molecule has 0 bridgehead atoms. The van der Waals surface area contributed by atoms with Crippen molar-refractivity contribution in [1.82, 2.24) is 10.2 Å². The molecule has 0 aliphatic carbocycles. The van der Waals surface area contributed by atoms with Crippen LogP contribution in [0.25, 0.3) is 0 Å². The van der Waals surface area contributed by atoms with E-state index in [1.54, 1.807) is 24.3 Å². The fourth-order valence-electron chi connectivity index (χ4n) is 4.17. The summed E-state index contributed by atoms with van der Waals surface area (Å²) in [5.74, 6) is 0.406. The van der Waals surface area contributed by atoms with Gasteiger partial charge in [0.25, 0.3) is 5.91 Å². The fourth-order valence-corrected chi connectivity index (χ4v) is 4.17. The number of nitrogens with one attached hydrogen (secondary N) is 2. The molecule has 35 heavy (non-hydrogen) atoms. The highest BCUT2D eigenvalue weighted by molar-refractivity contribution is 5.98. The topological polar surface area (TPSA) is 102 Å². The molecule has 0 unspecified atom stereocenters. The molecule has 2 N–H and O–H groups in total. The highest BCUT2D eigenvalue weighted by Crippen LogP contribution is 2.33. The Morgan fingerprint density at radius 2 is 2.14 bits per heavy atom. The van der Waals surface area contributed by atoms with Gasteiger partial charge >= 0.3 is 6.09 Å². The van der Waals surface area contributed by atoms with E-state index in [0.29, 0.717) is 61.6 Å². The summed E-state index contributed by atoms with van der Waals surface area (Å²) < 4.78 is 34.0. The molecule has 1 saturated heterocycles. The van der Waals surface area contributed by atoms with Crippen molar-refractivity contribution >= 4 is 17.7 Å². The van der Waals surface area contributed by atoms with Crippen molar-refractivity contribution in [2.45, 2.75) is 31.4 Å². The van der Waals surface area contributed by atoms with Crippen molar-refractivity contribution < 1.29 is 32.6 Å². The largest absolute Gasteiger partial charge is 0.493 e. The first-order valence-corrected chi connectivity index (χ1v) is 11.4. The molecule has 1 aliphatic rings. The second-order valence-corrected chi connectivity index (χ2v) is 8.18. The third kappa shape index (κ3) is 6.98. The highest BCUT2D eigenvalue weighted by Gasteiger charge is 2.34. The van der Waals surface area contributed by atoms with Crippen LogP contribution in [0.3, 0.4) is 0 Å². The number of nitrogens with zero attached hydrogens (tertiary/aromatic N) is 1. The van der Waals surface area contributed by atoms with Gasteiger partial charge in [0, 0.05) is 38.2 Å². The number of rotatable bonds is 12. The van der Waals surface area contributed by atoms with Crippen LogP contribution in [0.2, 0.25) is 0 Å². The number of carbonyl (C=O) groups excluding carboxylic acids is 2. The maximum atomic E-state index is 13.1. The molecule has 0 spiro atoms. The standard InChI is InChI=1S/C25H32FN3O6/c1-4-9-29-15-20(35-25(31)28-18-7-10-34-16-18)13-19(29)14-27-24(30)21-11-17(6-5-8-26)12-22(32-2)23(21)33-3/h4,7,10-12,16,19-20H,1,5-6,8-9,13-15H2,2-3H3,(H,27,30)(H,28,31)/t19-,20+/m0/s1. The van der Waals surface area contributed by atoms with Gasteiger partial charge in [0.2, 0.25) is 0 Å². The SMILES string of the molecule is C=CCN1C[C@H](OC(=O)Nc2ccoc2)C[C@H]1CNC(=O)c1cc(CCCF)cc(OC)c1OC. The zero-order valence-corrected chi connectivity index (χ0v) is 20.1. The number of hydrogen-bond acceptors (Lipinski definition) is 7. The number of benzene rings is 1. The lowest BCUT2D eigenvalue weighted by molar-refractivity contribution is 0.0937. The van der Waals surface area contributed by atoms with E-state index >= 15 is 0 Å². The summed E-state index contributed by atoms with van der Waals surface area (Å²) in [4.78, 5) is 27.4. The molecular formula is C25H32FN3O6. The van der Waals surface area contributed by atoms with Gasteiger partial charge in [-0.3, -0.25) is 19.4 Å². The van der Waals surface area contributed by atoms with Crippen LogP contribution < -0.4 is 20.1 Å². The third-order valence-corrected chi connectivity index (χ3v) is 5.78. The molecule has 2 amide bonds. The van der Waals surface area contributed by atoms with E-state index in [2.05, 4.69) is 22.1 Å². The Kier molecular flexibility index (Phi) is 9.54. The molecule has 10 heteroatoms. The van der Waals surface area contributed by atoms with Crippen molar-refractivity contribution in [3.63, 3.8) is 0 Å². The summed E-state index contributed by atoms with van der Waals surface area (Å²) in [6, 6.07) is 5.01. The summed E-state index contributed by atoms with van der Waals surface area (Å²) in [5.41, 5.74) is 1.62. The van der Waals surface area contributed by atoms with E-state index in [1.165, 1.54) is 26.7 Å². The fraction of sp³-hybridized carbons (Fsp3) is 0.440. The molecular weight excluding hydrogens is 457 g/mol. The van der Waals surface area contributed by atoms with Gasteiger partial charge in [-0.25, -0.2) is 4.79 Å². The minimum absolute atomic E-state index is 0.0636. The van der Waals surface area contributed by atoms with E-state index < -0.39 is 12.8 Å². The zero-order chi connectivity index (χ0) is 25.2. The van der Waals surface area contributed by atoms with Crippen LogP contribution in [0.4, 0.5) is 14.9 Å². The first-order chi connectivity index (χ1) is 17.0. The van der Waals surface area contributed by atoms with E-state index in [4.69, 9.17) is 18.6 Å². The Balaban J connectivity index is 1.65. The predicted molar refractivity (Wildman–Crippen MR) is 129 cm³/mol. The number of carbonyl (C=O) groups is 2. The van der Waals surface area contributed by atoms with Crippen LogP contribution in [-0.2, 0) is 11.2 Å². The average molecular weight is 490 g/mol. The van der Waals surface area contributed by atoms with E-state index in [0.717, 1.165) is 5.56 Å². The number of likely N-dealkylation sites (tertiary alicyclic amines) is 1. The van der Waals surface area contributed by atoms with Gasteiger partial charge in [0.05, 0.1) is 38.4 Å². The summed E-state index contributed by atoms with van der Waals surface area (Å²) in [7, 11) is 2.96. The maximum Gasteiger partial charge on any atom is 0.412 e. The number of alkyl halides is 1. The lowest BCUT2D eigenvalue weighted by Crippen LogP contribution is -2.40. The van der Waals surface area contributed by atoms with Gasteiger partial charge in [-0.05, 0) is 30.5 Å². The summed E-state index contributed by atoms with van der Waals surface area (Å²) >= 11 is 0. The number of amides is 2. The van der Waals surface area contributed by atoms with Crippen LogP contribution in [0.1, 0.15) is 28.8 Å². The van der Waals surface area contributed by atoms with E-state index in [-0.39, 0.29) is 18.1 Å². The van der Waals surface area contributed by atoms with Crippen LogP contribution in [0.5, 0.6) is 11.5 Å². The van der Waals surface area contributed by atoms with E-state index in [9.17, 15) is 14.0 Å². The first-order valence-electron chi connectivity index (χ1n) is 11.4. The number of anilines is 1. The minimum Gasteiger partial charge on any atom is -0.493 e. The number of halogens is 1. The second-order valence-electron chi connectivity index (χ2n) is 8.18. The molecule has 1 aromatic carbocycles. The molecule has 1 fully saturated rings. The van der Waals surface area contributed by atoms with Crippen molar-refractivity contribution in [3.8, 4) is 11.5 Å². The number of furan rings is 1. The Hall–Kier alpha value is -3.53. The Morgan fingerprint density at radius 3 is 2.80 bits per heavy atom. The normalized spacial score (nSPS) is 17.6. The van der Waals surface area contributed by atoms with Gasteiger partial charge in [-0.15, -0.1) is 6.58 Å². The molecule has 9 nitrogen and oxygen atoms in total. The molecule has 2 aromatic rings. The predicted octanol–water partition coefficient (Wildman–Crippen LogP) is 3.81. The molecule has 1 aliphatic heterocycles. The van der Waals surface area contributed by atoms with Gasteiger partial charge < -0.3 is 23.9 Å². The second kappa shape index (κ2) is 12.8. The van der Waals surface area contributed by atoms with Crippen molar-refractivity contribution in [2.75, 3.05) is 45.8 Å². The molecule has 0 radical (unpaired) electrons. The molecule has 190 valence electrons. The molecule has 0 saturated carbocycles. The molecule has 2 heterocycles.